The van der Waals surface area contributed by atoms with Crippen molar-refractivity contribution >= 4 is 28.6 Å². The lowest BCUT2D eigenvalue weighted by molar-refractivity contribution is -0.144. The molecule has 110 valence electrons. The monoisotopic (exact) mass is 286 g/mol. The van der Waals surface area contributed by atoms with Gasteiger partial charge in [-0.15, -0.1) is 0 Å². The van der Waals surface area contributed by atoms with Crippen LogP contribution in [0.3, 0.4) is 0 Å². The molecule has 0 aliphatic carbocycles. The van der Waals surface area contributed by atoms with E-state index in [9.17, 15) is 4.79 Å². The molecule has 0 spiro atoms. The molecule has 1 unspecified atom stereocenters. The third kappa shape index (κ3) is 2.49. The largest absolute Gasteiger partial charge is 0.464 e. The second kappa shape index (κ2) is 5.55. The van der Waals surface area contributed by atoms with Crippen LogP contribution in [0, 0.1) is 0 Å². The van der Waals surface area contributed by atoms with Crippen LogP contribution in [0.2, 0.25) is 0 Å². The number of carbonyl (C=O) groups is 1. The second-order valence-corrected chi connectivity index (χ2v) is 5.02. The molecule has 0 amide bonds. The van der Waals surface area contributed by atoms with Crippen LogP contribution in [0.25, 0.3) is 11.0 Å². The second-order valence-electron chi connectivity index (χ2n) is 5.02. The van der Waals surface area contributed by atoms with Gasteiger partial charge in [-0.25, -0.2) is 14.8 Å². The zero-order chi connectivity index (χ0) is 14.8. The minimum Gasteiger partial charge on any atom is -0.464 e. The molecular weight excluding hydrogens is 268 g/mol. The van der Waals surface area contributed by atoms with Gasteiger partial charge in [0.15, 0.2) is 11.6 Å². The van der Waals surface area contributed by atoms with Gasteiger partial charge in [0, 0.05) is 6.54 Å². The van der Waals surface area contributed by atoms with Gasteiger partial charge < -0.3 is 15.4 Å². The Kier molecular flexibility index (Phi) is 3.60. The van der Waals surface area contributed by atoms with Crippen LogP contribution in [0.1, 0.15) is 19.8 Å². The van der Waals surface area contributed by atoms with Crippen LogP contribution in [0.5, 0.6) is 0 Å². The van der Waals surface area contributed by atoms with Crippen molar-refractivity contribution in [3.8, 4) is 0 Å². The van der Waals surface area contributed by atoms with Gasteiger partial charge in [0.05, 0.1) is 17.6 Å². The van der Waals surface area contributed by atoms with Crippen molar-refractivity contribution in [2.24, 2.45) is 0 Å². The highest BCUT2D eigenvalue weighted by molar-refractivity contribution is 5.84. The number of fused-ring (bicyclic) bond motifs is 1. The molecule has 1 aliphatic heterocycles. The highest BCUT2D eigenvalue weighted by Crippen LogP contribution is 2.29. The lowest BCUT2D eigenvalue weighted by Gasteiger charge is -2.25. The molecule has 1 saturated heterocycles. The molecule has 2 heterocycles. The fourth-order valence-corrected chi connectivity index (χ4v) is 2.72. The third-order valence-corrected chi connectivity index (χ3v) is 3.66. The van der Waals surface area contributed by atoms with E-state index >= 15 is 0 Å². The number of rotatable bonds is 3. The number of aromatic nitrogens is 2. The molecule has 3 rings (SSSR count). The normalized spacial score (nSPS) is 18.1. The Morgan fingerprint density at radius 3 is 2.81 bits per heavy atom. The summed E-state index contributed by atoms with van der Waals surface area (Å²) in [6.07, 6.45) is 1.67. The van der Waals surface area contributed by atoms with E-state index < -0.39 is 0 Å². The molecule has 2 N–H and O–H groups in total. The lowest BCUT2D eigenvalue weighted by atomic mass is 10.2. The van der Waals surface area contributed by atoms with E-state index in [1.165, 1.54) is 0 Å². The summed E-state index contributed by atoms with van der Waals surface area (Å²) in [5, 5.41) is 0. The van der Waals surface area contributed by atoms with Crippen LogP contribution in [0.15, 0.2) is 24.3 Å². The lowest BCUT2D eigenvalue weighted by Crippen LogP contribution is -2.38. The molecule has 1 atom stereocenters. The predicted octanol–water partition coefficient (Wildman–Crippen LogP) is 1.74. The minimum atomic E-state index is -0.317. The summed E-state index contributed by atoms with van der Waals surface area (Å²) in [7, 11) is 0. The minimum absolute atomic E-state index is 0.218. The van der Waals surface area contributed by atoms with Gasteiger partial charge in [0.25, 0.3) is 0 Å². The predicted molar refractivity (Wildman–Crippen MR) is 81.0 cm³/mol. The molecule has 1 aromatic heterocycles. The Hall–Kier alpha value is -2.37. The molecule has 1 aromatic carbocycles. The number of carbonyl (C=O) groups excluding carboxylic acids is 1. The van der Waals surface area contributed by atoms with Crippen molar-refractivity contribution in [2.45, 2.75) is 25.8 Å². The number of ether oxygens (including phenoxy) is 1. The van der Waals surface area contributed by atoms with Gasteiger partial charge in [0.1, 0.15) is 6.04 Å². The van der Waals surface area contributed by atoms with Crippen molar-refractivity contribution in [2.75, 3.05) is 23.8 Å². The molecule has 0 bridgehead atoms. The summed E-state index contributed by atoms with van der Waals surface area (Å²) in [4.78, 5) is 22.9. The van der Waals surface area contributed by atoms with Crippen molar-refractivity contribution < 1.29 is 9.53 Å². The molecule has 0 radical (unpaired) electrons. The number of anilines is 2. The van der Waals surface area contributed by atoms with Gasteiger partial charge in [-0.05, 0) is 31.9 Å². The first-order valence-electron chi connectivity index (χ1n) is 7.16. The van der Waals surface area contributed by atoms with Crippen LogP contribution in [0.4, 0.5) is 11.6 Å². The van der Waals surface area contributed by atoms with Crippen molar-refractivity contribution in [1.82, 2.24) is 9.97 Å². The van der Waals surface area contributed by atoms with E-state index in [1.54, 1.807) is 6.92 Å². The van der Waals surface area contributed by atoms with Crippen LogP contribution >= 0.6 is 0 Å². The van der Waals surface area contributed by atoms with Gasteiger partial charge in [-0.2, -0.15) is 0 Å². The Morgan fingerprint density at radius 1 is 1.38 bits per heavy atom. The van der Waals surface area contributed by atoms with Gasteiger partial charge in [-0.1, -0.05) is 12.1 Å². The standard InChI is InChI=1S/C15H18N4O2/c1-2-21-15(20)12-8-5-9-19(12)14-13(16)17-10-6-3-4-7-11(10)18-14/h3-4,6-7,12H,2,5,8-9H2,1H3,(H2,16,17). The van der Waals surface area contributed by atoms with E-state index in [0.717, 1.165) is 30.4 Å². The van der Waals surface area contributed by atoms with Gasteiger partial charge in [-0.3, -0.25) is 0 Å². The number of hydrogen-bond donors (Lipinski definition) is 1. The number of para-hydroxylation sites is 2. The zero-order valence-corrected chi connectivity index (χ0v) is 12.0. The molecular formula is C15H18N4O2. The molecule has 6 heteroatoms. The SMILES string of the molecule is CCOC(=O)C1CCCN1c1nc2ccccc2nc1N. The first-order valence-corrected chi connectivity index (χ1v) is 7.16. The first-order chi connectivity index (χ1) is 10.2. The maximum Gasteiger partial charge on any atom is 0.328 e. The van der Waals surface area contributed by atoms with Gasteiger partial charge >= 0.3 is 5.97 Å². The molecule has 2 aromatic rings. The summed E-state index contributed by atoms with van der Waals surface area (Å²) in [6, 6.07) is 7.25. The number of benzene rings is 1. The molecule has 1 fully saturated rings. The number of nitrogens with two attached hydrogens (primary N) is 1. The Morgan fingerprint density at radius 2 is 2.10 bits per heavy atom. The average Bonchev–Trinajstić information content (AvgIpc) is 2.96. The Balaban J connectivity index is 1.98. The molecule has 21 heavy (non-hydrogen) atoms. The third-order valence-electron chi connectivity index (χ3n) is 3.66. The number of nitrogen functional groups attached to an aromatic ring is 1. The number of hydrogen-bond acceptors (Lipinski definition) is 6. The van der Waals surface area contributed by atoms with Crippen molar-refractivity contribution in [1.29, 1.82) is 0 Å². The number of esters is 1. The van der Waals surface area contributed by atoms with Crippen molar-refractivity contribution in [3.05, 3.63) is 24.3 Å². The summed E-state index contributed by atoms with van der Waals surface area (Å²) in [5.74, 6) is 0.707. The summed E-state index contributed by atoms with van der Waals surface area (Å²) in [5.41, 5.74) is 7.56. The first kappa shape index (κ1) is 13.6. The fraction of sp³-hybridized carbons (Fsp3) is 0.400. The molecule has 6 nitrogen and oxygen atoms in total. The topological polar surface area (TPSA) is 81.3 Å². The van der Waals surface area contributed by atoms with Crippen LogP contribution < -0.4 is 10.6 Å². The van der Waals surface area contributed by atoms with Crippen LogP contribution in [-0.2, 0) is 9.53 Å². The van der Waals surface area contributed by atoms with Crippen molar-refractivity contribution in [3.63, 3.8) is 0 Å². The van der Waals surface area contributed by atoms with E-state index in [2.05, 4.69) is 9.97 Å². The Bertz CT molecular complexity index is 674. The average molecular weight is 286 g/mol. The Labute approximate surface area is 122 Å². The number of nitrogens with zero attached hydrogens (tertiary/aromatic N) is 3. The maximum atomic E-state index is 12.1. The maximum absolute atomic E-state index is 12.1. The van der Waals surface area contributed by atoms with E-state index in [0.29, 0.717) is 18.2 Å². The quantitative estimate of drug-likeness (QED) is 0.866. The van der Waals surface area contributed by atoms with E-state index in [-0.39, 0.29) is 12.0 Å². The fourth-order valence-electron chi connectivity index (χ4n) is 2.72. The highest BCUT2D eigenvalue weighted by Gasteiger charge is 2.34. The molecule has 1 aliphatic rings. The molecule has 0 saturated carbocycles. The smallest absolute Gasteiger partial charge is 0.328 e. The summed E-state index contributed by atoms with van der Waals surface area (Å²) >= 11 is 0. The van der Waals surface area contributed by atoms with Crippen LogP contribution in [-0.4, -0.2) is 35.1 Å². The van der Waals surface area contributed by atoms with E-state index in [4.69, 9.17) is 10.5 Å². The zero-order valence-electron chi connectivity index (χ0n) is 12.0. The summed E-state index contributed by atoms with van der Waals surface area (Å²) < 4.78 is 5.14. The van der Waals surface area contributed by atoms with E-state index in [1.807, 2.05) is 29.2 Å². The van der Waals surface area contributed by atoms with Gasteiger partial charge in [0.2, 0.25) is 0 Å². The summed E-state index contributed by atoms with van der Waals surface area (Å²) in [6.45, 7) is 2.92. The highest BCUT2D eigenvalue weighted by atomic mass is 16.5.